The normalized spacial score (nSPS) is 16.7. The van der Waals surface area contributed by atoms with Crippen LogP contribution in [-0.4, -0.2) is 34.0 Å². The van der Waals surface area contributed by atoms with Gasteiger partial charge in [0.2, 0.25) is 0 Å². The van der Waals surface area contributed by atoms with Gasteiger partial charge in [0.1, 0.15) is 0 Å². The second-order valence-corrected chi connectivity index (χ2v) is 6.67. The predicted octanol–water partition coefficient (Wildman–Crippen LogP) is 3.50. The van der Waals surface area contributed by atoms with E-state index in [-0.39, 0.29) is 17.7 Å². The monoisotopic (exact) mass is 370 g/mol. The molecule has 2 aromatic rings. The summed E-state index contributed by atoms with van der Waals surface area (Å²) in [7, 11) is 0. The lowest BCUT2D eigenvalue weighted by Crippen LogP contribution is -2.33. The second kappa shape index (κ2) is 8.05. The van der Waals surface area contributed by atoms with E-state index < -0.39 is 11.3 Å². The quantitative estimate of drug-likeness (QED) is 0.785. The van der Waals surface area contributed by atoms with Crippen LogP contribution in [0.1, 0.15) is 22.8 Å². The summed E-state index contributed by atoms with van der Waals surface area (Å²) in [6.07, 6.45) is 0. The molecule has 0 radical (unpaired) electrons. The molecule has 1 unspecified atom stereocenters. The van der Waals surface area contributed by atoms with Gasteiger partial charge in [-0.05, 0) is 48.5 Å². The maximum Gasteiger partial charge on any atom is 0.338 e. The van der Waals surface area contributed by atoms with Crippen LogP contribution in [0.5, 0.6) is 0 Å². The molecule has 1 atom stereocenters. The first kappa shape index (κ1) is 18.0. The van der Waals surface area contributed by atoms with E-state index in [9.17, 15) is 14.4 Å². The standard InChI is InChI=1S/C19H18N2O4S/c1-2-25-18(23)14-10-8-13(9-11-14)12-21-17(22)16(26-19(21)24)20-15-6-4-3-5-7-15/h3-11,16,20H,2,12H2,1H3. The highest BCUT2D eigenvalue weighted by Gasteiger charge is 2.39. The molecule has 134 valence electrons. The predicted molar refractivity (Wildman–Crippen MR) is 99.8 cm³/mol. The smallest absolute Gasteiger partial charge is 0.338 e. The number of carbonyl (C=O) groups excluding carboxylic acids is 3. The number of hydrogen-bond acceptors (Lipinski definition) is 6. The van der Waals surface area contributed by atoms with Gasteiger partial charge in [-0.15, -0.1) is 0 Å². The zero-order valence-electron chi connectivity index (χ0n) is 14.2. The Kier molecular flexibility index (Phi) is 5.58. The minimum atomic E-state index is -0.635. The first-order chi connectivity index (χ1) is 12.6. The Labute approximate surface area is 155 Å². The van der Waals surface area contributed by atoms with E-state index in [0.717, 1.165) is 23.0 Å². The largest absolute Gasteiger partial charge is 0.462 e. The van der Waals surface area contributed by atoms with E-state index in [0.29, 0.717) is 12.2 Å². The highest BCUT2D eigenvalue weighted by molar-refractivity contribution is 8.15. The molecule has 2 aromatic carbocycles. The number of esters is 1. The number of para-hydroxylation sites is 1. The van der Waals surface area contributed by atoms with Gasteiger partial charge in [-0.2, -0.15) is 0 Å². The summed E-state index contributed by atoms with van der Waals surface area (Å²) in [4.78, 5) is 37.6. The fraction of sp³-hybridized carbons (Fsp3) is 0.211. The van der Waals surface area contributed by atoms with Crippen LogP contribution in [0.25, 0.3) is 0 Å². The third kappa shape index (κ3) is 4.05. The molecular formula is C19H18N2O4S. The van der Waals surface area contributed by atoms with Crippen molar-refractivity contribution in [3.05, 3.63) is 65.7 Å². The Hall–Kier alpha value is -2.80. The summed E-state index contributed by atoms with van der Waals surface area (Å²) >= 11 is 0.963. The van der Waals surface area contributed by atoms with Crippen LogP contribution in [0, 0.1) is 0 Å². The van der Waals surface area contributed by atoms with Gasteiger partial charge < -0.3 is 10.1 Å². The molecular weight excluding hydrogens is 352 g/mol. The number of thioether (sulfide) groups is 1. The minimum absolute atomic E-state index is 0.167. The highest BCUT2D eigenvalue weighted by Crippen LogP contribution is 2.29. The number of rotatable bonds is 6. The highest BCUT2D eigenvalue weighted by atomic mass is 32.2. The fourth-order valence-electron chi connectivity index (χ4n) is 2.51. The number of nitrogens with one attached hydrogen (secondary N) is 1. The Bertz CT molecular complexity index is 808. The number of benzene rings is 2. The third-order valence-corrected chi connectivity index (χ3v) is 4.78. The molecule has 0 aliphatic carbocycles. The lowest BCUT2D eigenvalue weighted by Gasteiger charge is -2.15. The van der Waals surface area contributed by atoms with E-state index >= 15 is 0 Å². The van der Waals surface area contributed by atoms with Crippen molar-refractivity contribution in [1.82, 2.24) is 4.90 Å². The van der Waals surface area contributed by atoms with E-state index in [2.05, 4.69) is 5.32 Å². The van der Waals surface area contributed by atoms with Crippen LogP contribution in [-0.2, 0) is 16.1 Å². The van der Waals surface area contributed by atoms with Crippen LogP contribution in [0.3, 0.4) is 0 Å². The maximum atomic E-state index is 12.5. The van der Waals surface area contributed by atoms with Crippen molar-refractivity contribution in [2.45, 2.75) is 18.8 Å². The van der Waals surface area contributed by atoms with Gasteiger partial charge in [0.15, 0.2) is 5.37 Å². The van der Waals surface area contributed by atoms with Crippen molar-refractivity contribution in [2.24, 2.45) is 0 Å². The summed E-state index contributed by atoms with van der Waals surface area (Å²) in [5.41, 5.74) is 1.99. The summed E-state index contributed by atoms with van der Waals surface area (Å²) in [5.74, 6) is -0.673. The van der Waals surface area contributed by atoms with Gasteiger partial charge >= 0.3 is 5.97 Å². The Morgan fingerprint density at radius 3 is 2.46 bits per heavy atom. The van der Waals surface area contributed by atoms with Gasteiger partial charge in [0.05, 0.1) is 18.7 Å². The lowest BCUT2D eigenvalue weighted by molar-refractivity contribution is -0.126. The maximum absolute atomic E-state index is 12.5. The average Bonchev–Trinajstić information content (AvgIpc) is 2.91. The van der Waals surface area contributed by atoms with E-state index in [4.69, 9.17) is 4.74 Å². The number of nitrogens with zero attached hydrogens (tertiary/aromatic N) is 1. The van der Waals surface area contributed by atoms with Crippen molar-refractivity contribution in [3.8, 4) is 0 Å². The zero-order valence-corrected chi connectivity index (χ0v) is 15.0. The molecule has 2 amide bonds. The van der Waals surface area contributed by atoms with Gasteiger partial charge in [-0.1, -0.05) is 30.3 Å². The first-order valence-electron chi connectivity index (χ1n) is 8.18. The van der Waals surface area contributed by atoms with Gasteiger partial charge in [-0.3, -0.25) is 14.5 Å². The van der Waals surface area contributed by atoms with Crippen LogP contribution >= 0.6 is 11.8 Å². The molecule has 0 aromatic heterocycles. The van der Waals surface area contributed by atoms with Crippen LogP contribution < -0.4 is 5.32 Å². The summed E-state index contributed by atoms with van der Waals surface area (Å²) in [5, 5.41) is 2.14. The molecule has 3 rings (SSSR count). The topological polar surface area (TPSA) is 75.7 Å². The molecule has 6 nitrogen and oxygen atoms in total. The summed E-state index contributed by atoms with van der Waals surface area (Å²) < 4.78 is 4.94. The number of imide groups is 1. The molecule has 0 bridgehead atoms. The van der Waals surface area contributed by atoms with Crippen molar-refractivity contribution >= 4 is 34.6 Å². The third-order valence-electron chi connectivity index (χ3n) is 3.81. The number of hydrogen-bond donors (Lipinski definition) is 1. The van der Waals surface area contributed by atoms with Crippen molar-refractivity contribution in [2.75, 3.05) is 11.9 Å². The number of amides is 2. The number of carbonyl (C=O) groups is 3. The Morgan fingerprint density at radius 2 is 1.81 bits per heavy atom. The zero-order chi connectivity index (χ0) is 18.5. The number of anilines is 1. The Balaban J connectivity index is 1.65. The molecule has 1 N–H and O–H groups in total. The summed E-state index contributed by atoms with van der Waals surface area (Å²) in [6.45, 7) is 2.22. The molecule has 1 fully saturated rings. The Morgan fingerprint density at radius 1 is 1.12 bits per heavy atom. The van der Waals surface area contributed by atoms with Crippen LogP contribution in [0.4, 0.5) is 10.5 Å². The van der Waals surface area contributed by atoms with E-state index in [1.807, 2.05) is 30.3 Å². The van der Waals surface area contributed by atoms with Crippen LogP contribution in [0.2, 0.25) is 0 Å². The van der Waals surface area contributed by atoms with Gasteiger partial charge in [-0.25, -0.2) is 4.79 Å². The van der Waals surface area contributed by atoms with Crippen LogP contribution in [0.15, 0.2) is 54.6 Å². The SMILES string of the molecule is CCOC(=O)c1ccc(CN2C(=O)SC(Nc3ccccc3)C2=O)cc1. The first-order valence-corrected chi connectivity index (χ1v) is 9.06. The van der Waals surface area contributed by atoms with Crippen molar-refractivity contribution in [1.29, 1.82) is 0 Å². The molecule has 0 spiro atoms. The molecule has 1 heterocycles. The fourth-order valence-corrected chi connectivity index (χ4v) is 3.42. The van der Waals surface area contributed by atoms with E-state index in [1.54, 1.807) is 31.2 Å². The van der Waals surface area contributed by atoms with Crippen molar-refractivity contribution < 1.29 is 19.1 Å². The minimum Gasteiger partial charge on any atom is -0.462 e. The average molecular weight is 370 g/mol. The molecule has 7 heteroatoms. The van der Waals surface area contributed by atoms with E-state index in [1.165, 1.54) is 4.90 Å². The van der Waals surface area contributed by atoms with Gasteiger partial charge in [0.25, 0.3) is 11.1 Å². The molecule has 26 heavy (non-hydrogen) atoms. The van der Waals surface area contributed by atoms with Crippen molar-refractivity contribution in [3.63, 3.8) is 0 Å². The molecule has 1 aliphatic heterocycles. The number of ether oxygens (including phenoxy) is 1. The summed E-state index contributed by atoms with van der Waals surface area (Å²) in [6, 6.07) is 16.0. The molecule has 1 aliphatic rings. The molecule has 1 saturated heterocycles. The molecule has 0 saturated carbocycles. The second-order valence-electron chi connectivity index (χ2n) is 5.62. The van der Waals surface area contributed by atoms with Gasteiger partial charge in [0, 0.05) is 5.69 Å². The lowest BCUT2D eigenvalue weighted by atomic mass is 10.1.